The van der Waals surface area contributed by atoms with Gasteiger partial charge in [-0.2, -0.15) is 0 Å². The fourth-order valence-corrected chi connectivity index (χ4v) is 4.47. The Morgan fingerprint density at radius 1 is 0.906 bits per heavy atom. The van der Waals surface area contributed by atoms with Gasteiger partial charge in [0.15, 0.2) is 10.9 Å². The molecule has 0 spiro atoms. The molecule has 3 N–H and O–H groups in total. The van der Waals surface area contributed by atoms with Crippen molar-refractivity contribution in [1.82, 2.24) is 9.97 Å². The van der Waals surface area contributed by atoms with Crippen LogP contribution in [0.15, 0.2) is 77.8 Å². The van der Waals surface area contributed by atoms with E-state index in [9.17, 15) is 8.42 Å². The first-order valence-electron chi connectivity index (χ1n) is 9.18. The van der Waals surface area contributed by atoms with E-state index in [0.29, 0.717) is 32.5 Å². The molecule has 1 aromatic heterocycles. The predicted octanol–water partition coefficient (Wildman–Crippen LogP) is 5.55. The third-order valence-electron chi connectivity index (χ3n) is 4.29. The molecule has 162 valence electrons. The number of halogens is 2. The number of sulfonamides is 1. The highest BCUT2D eigenvalue weighted by Crippen LogP contribution is 2.25. The Labute approximate surface area is 199 Å². The van der Waals surface area contributed by atoms with Gasteiger partial charge in [0.05, 0.1) is 32.8 Å². The minimum Gasteiger partial charge on any atom is -0.332 e. The van der Waals surface area contributed by atoms with Crippen LogP contribution in [0.3, 0.4) is 0 Å². The molecule has 4 rings (SSSR count). The zero-order valence-corrected chi connectivity index (χ0v) is 19.4. The molecule has 4 aromatic rings. The molecule has 0 aliphatic heterocycles. The average Bonchev–Trinajstić information content (AvgIpc) is 2.76. The van der Waals surface area contributed by atoms with Crippen molar-refractivity contribution in [3.63, 3.8) is 0 Å². The van der Waals surface area contributed by atoms with Crippen LogP contribution in [0.2, 0.25) is 10.0 Å². The summed E-state index contributed by atoms with van der Waals surface area (Å²) in [5.41, 5.74) is 2.45. The summed E-state index contributed by atoms with van der Waals surface area (Å²) in [5.74, 6) is 0.135. The SMILES string of the molecule is O=S(=O)(Nc1cnc2ccccc2n1)c1ccc(NC(=S)Nc2ccc(Cl)cc2Cl)cc1. The predicted molar refractivity (Wildman–Crippen MR) is 133 cm³/mol. The summed E-state index contributed by atoms with van der Waals surface area (Å²) < 4.78 is 27.9. The van der Waals surface area contributed by atoms with Crippen molar-refractivity contribution in [2.45, 2.75) is 4.90 Å². The Hall–Kier alpha value is -2.98. The Balaban J connectivity index is 1.44. The summed E-state index contributed by atoms with van der Waals surface area (Å²) in [6.45, 7) is 0. The number of para-hydroxylation sites is 2. The molecule has 0 bridgehead atoms. The fourth-order valence-electron chi connectivity index (χ4n) is 2.80. The highest BCUT2D eigenvalue weighted by molar-refractivity contribution is 7.92. The van der Waals surface area contributed by atoms with Gasteiger partial charge in [0.25, 0.3) is 10.0 Å². The van der Waals surface area contributed by atoms with Crippen molar-refractivity contribution in [2.75, 3.05) is 15.4 Å². The third-order valence-corrected chi connectivity index (χ3v) is 6.41. The van der Waals surface area contributed by atoms with E-state index in [4.69, 9.17) is 35.4 Å². The molecule has 0 saturated carbocycles. The van der Waals surface area contributed by atoms with Crippen LogP contribution in [0, 0.1) is 0 Å². The molecule has 0 unspecified atom stereocenters. The van der Waals surface area contributed by atoms with E-state index >= 15 is 0 Å². The van der Waals surface area contributed by atoms with E-state index in [1.165, 1.54) is 18.3 Å². The minimum absolute atomic E-state index is 0.0673. The largest absolute Gasteiger partial charge is 0.332 e. The van der Waals surface area contributed by atoms with Gasteiger partial charge in [0.1, 0.15) is 0 Å². The summed E-state index contributed by atoms with van der Waals surface area (Å²) >= 11 is 17.3. The van der Waals surface area contributed by atoms with Crippen LogP contribution in [0.5, 0.6) is 0 Å². The molecule has 0 atom stereocenters. The van der Waals surface area contributed by atoms with Crippen LogP contribution < -0.4 is 15.4 Å². The first kappa shape index (κ1) is 22.2. The van der Waals surface area contributed by atoms with Gasteiger partial charge in [0, 0.05) is 10.7 Å². The van der Waals surface area contributed by atoms with Gasteiger partial charge in [-0.1, -0.05) is 35.3 Å². The number of thiocarbonyl (C=S) groups is 1. The summed E-state index contributed by atoms with van der Waals surface area (Å²) in [5, 5.41) is 7.16. The first-order chi connectivity index (χ1) is 15.3. The highest BCUT2D eigenvalue weighted by Gasteiger charge is 2.15. The standard InChI is InChI=1S/C21H15Cl2N5O2S2/c22-13-5-10-17(16(23)11-13)27-21(31)25-14-6-8-15(9-7-14)32(29,30)28-20-12-24-18-3-1-2-4-19(18)26-20/h1-12H,(H,26,28)(H2,25,27,31). The number of rotatable bonds is 5. The molecule has 1 heterocycles. The van der Waals surface area contributed by atoms with Gasteiger partial charge in [-0.3, -0.25) is 9.71 Å². The zero-order valence-electron chi connectivity index (χ0n) is 16.2. The molecule has 0 aliphatic rings. The van der Waals surface area contributed by atoms with Gasteiger partial charge in [-0.15, -0.1) is 0 Å². The molecular formula is C21H15Cl2N5O2S2. The maximum atomic E-state index is 12.7. The summed E-state index contributed by atoms with van der Waals surface area (Å²) in [6, 6.07) is 18.3. The van der Waals surface area contributed by atoms with E-state index in [1.807, 2.05) is 6.07 Å². The van der Waals surface area contributed by atoms with Crippen molar-refractivity contribution in [1.29, 1.82) is 0 Å². The van der Waals surface area contributed by atoms with Crippen molar-refractivity contribution in [3.05, 3.63) is 83.0 Å². The Bertz CT molecular complexity index is 1410. The zero-order chi connectivity index (χ0) is 22.7. The number of nitrogens with zero attached hydrogens (tertiary/aromatic N) is 2. The second-order valence-electron chi connectivity index (χ2n) is 6.58. The van der Waals surface area contributed by atoms with Crippen molar-refractivity contribution in [3.8, 4) is 0 Å². The molecule has 0 fully saturated rings. The number of anilines is 3. The quantitative estimate of drug-likeness (QED) is 0.307. The molecule has 11 heteroatoms. The molecule has 3 aromatic carbocycles. The van der Waals surface area contributed by atoms with Gasteiger partial charge in [-0.25, -0.2) is 13.4 Å². The van der Waals surface area contributed by atoms with E-state index < -0.39 is 10.0 Å². The van der Waals surface area contributed by atoms with Crippen LogP contribution in [0.4, 0.5) is 17.2 Å². The normalized spacial score (nSPS) is 11.2. The number of benzene rings is 3. The molecule has 32 heavy (non-hydrogen) atoms. The monoisotopic (exact) mass is 503 g/mol. The van der Waals surface area contributed by atoms with E-state index in [2.05, 4.69) is 25.3 Å². The lowest BCUT2D eigenvalue weighted by atomic mass is 10.3. The van der Waals surface area contributed by atoms with Crippen LogP contribution in [0.1, 0.15) is 0 Å². The lowest BCUT2D eigenvalue weighted by Crippen LogP contribution is -2.19. The lowest BCUT2D eigenvalue weighted by Gasteiger charge is -2.13. The van der Waals surface area contributed by atoms with Crippen LogP contribution in [-0.2, 0) is 10.0 Å². The first-order valence-corrected chi connectivity index (χ1v) is 11.8. The average molecular weight is 504 g/mol. The number of fused-ring (bicyclic) bond motifs is 1. The molecule has 0 amide bonds. The minimum atomic E-state index is -3.84. The Morgan fingerprint density at radius 3 is 2.34 bits per heavy atom. The van der Waals surface area contributed by atoms with Gasteiger partial charge in [-0.05, 0) is 66.8 Å². The molecular weight excluding hydrogens is 489 g/mol. The maximum absolute atomic E-state index is 12.7. The Kier molecular flexibility index (Phi) is 6.43. The number of hydrogen-bond donors (Lipinski definition) is 3. The Morgan fingerprint density at radius 2 is 1.62 bits per heavy atom. The van der Waals surface area contributed by atoms with Crippen LogP contribution in [-0.4, -0.2) is 23.5 Å². The maximum Gasteiger partial charge on any atom is 0.263 e. The second kappa shape index (κ2) is 9.25. The molecule has 0 aliphatic carbocycles. The molecule has 0 saturated heterocycles. The number of hydrogen-bond acceptors (Lipinski definition) is 5. The number of nitrogens with one attached hydrogen (secondary N) is 3. The summed E-state index contributed by atoms with van der Waals surface area (Å²) in [7, 11) is -3.84. The van der Waals surface area contributed by atoms with Gasteiger partial charge < -0.3 is 10.6 Å². The molecule has 7 nitrogen and oxygen atoms in total. The van der Waals surface area contributed by atoms with E-state index in [1.54, 1.807) is 48.5 Å². The smallest absolute Gasteiger partial charge is 0.263 e. The van der Waals surface area contributed by atoms with Crippen molar-refractivity contribution < 1.29 is 8.42 Å². The van der Waals surface area contributed by atoms with Gasteiger partial charge in [0.2, 0.25) is 0 Å². The summed E-state index contributed by atoms with van der Waals surface area (Å²) in [6.07, 6.45) is 1.38. The second-order valence-corrected chi connectivity index (χ2v) is 9.51. The van der Waals surface area contributed by atoms with E-state index in [0.717, 1.165) is 0 Å². The molecule has 0 radical (unpaired) electrons. The van der Waals surface area contributed by atoms with Crippen molar-refractivity contribution >= 4 is 78.8 Å². The van der Waals surface area contributed by atoms with E-state index in [-0.39, 0.29) is 15.8 Å². The lowest BCUT2D eigenvalue weighted by molar-refractivity contribution is 0.601. The number of aromatic nitrogens is 2. The van der Waals surface area contributed by atoms with Crippen molar-refractivity contribution in [2.24, 2.45) is 0 Å². The van der Waals surface area contributed by atoms with Gasteiger partial charge >= 0.3 is 0 Å². The third kappa shape index (κ3) is 5.25. The topological polar surface area (TPSA) is 96.0 Å². The van der Waals surface area contributed by atoms with Crippen LogP contribution >= 0.6 is 35.4 Å². The van der Waals surface area contributed by atoms with Crippen LogP contribution in [0.25, 0.3) is 11.0 Å². The fraction of sp³-hybridized carbons (Fsp3) is 0. The highest BCUT2D eigenvalue weighted by atomic mass is 35.5. The summed E-state index contributed by atoms with van der Waals surface area (Å²) in [4.78, 5) is 8.57.